The Morgan fingerprint density at radius 1 is 1.64 bits per heavy atom. The highest BCUT2D eigenvalue weighted by atomic mass is 16.5. The molecule has 0 bridgehead atoms. The van der Waals surface area contributed by atoms with E-state index in [0.717, 1.165) is 0 Å². The van der Waals surface area contributed by atoms with E-state index >= 15 is 0 Å². The van der Waals surface area contributed by atoms with Gasteiger partial charge in [0.1, 0.15) is 11.8 Å². The fourth-order valence-electron chi connectivity index (χ4n) is 1.09. The molecule has 1 atom stereocenters. The molecule has 0 heterocycles. The summed E-state index contributed by atoms with van der Waals surface area (Å²) in [5.41, 5.74) is 6.15. The summed E-state index contributed by atoms with van der Waals surface area (Å²) in [6, 6.07) is 5.43. The highest BCUT2D eigenvalue weighted by Gasteiger charge is 2.16. The van der Waals surface area contributed by atoms with Crippen molar-refractivity contribution in [3.05, 3.63) is 29.8 Å². The zero-order valence-electron chi connectivity index (χ0n) is 7.93. The van der Waals surface area contributed by atoms with Gasteiger partial charge < -0.3 is 15.6 Å². The fourth-order valence-corrected chi connectivity index (χ4v) is 1.09. The number of aromatic hydroxyl groups is 1. The summed E-state index contributed by atoms with van der Waals surface area (Å²) in [6.45, 7) is 2.01. The van der Waals surface area contributed by atoms with Crippen LogP contribution in [0, 0.1) is 0 Å². The third kappa shape index (κ3) is 2.47. The molecule has 1 aromatic carbocycles. The van der Waals surface area contributed by atoms with E-state index < -0.39 is 12.0 Å². The molecule has 0 amide bonds. The van der Waals surface area contributed by atoms with Gasteiger partial charge in [-0.2, -0.15) is 0 Å². The number of carbonyl (C=O) groups is 1. The number of carbonyl (C=O) groups excluding carboxylic acids is 1. The van der Waals surface area contributed by atoms with E-state index in [1.165, 1.54) is 12.1 Å². The van der Waals surface area contributed by atoms with Crippen LogP contribution in [0.3, 0.4) is 0 Å². The van der Waals surface area contributed by atoms with Gasteiger partial charge in [0, 0.05) is 0 Å². The summed E-state index contributed by atoms with van der Waals surface area (Å²) in [5, 5.41) is 9.17. The molecule has 0 aromatic heterocycles. The third-order valence-electron chi connectivity index (χ3n) is 1.77. The number of phenols is 1. The molecule has 4 heteroatoms. The lowest BCUT2D eigenvalue weighted by molar-refractivity contribution is -0.144. The monoisotopic (exact) mass is 195 g/mol. The molecule has 0 aliphatic carbocycles. The second-order valence-electron chi connectivity index (χ2n) is 2.82. The first-order valence-corrected chi connectivity index (χ1v) is 4.36. The van der Waals surface area contributed by atoms with Crippen molar-refractivity contribution in [2.24, 2.45) is 5.73 Å². The third-order valence-corrected chi connectivity index (χ3v) is 1.77. The second kappa shape index (κ2) is 4.62. The van der Waals surface area contributed by atoms with Crippen molar-refractivity contribution in [2.75, 3.05) is 6.61 Å². The Hall–Kier alpha value is -1.55. The van der Waals surface area contributed by atoms with Crippen LogP contribution in [0.5, 0.6) is 5.75 Å². The van der Waals surface area contributed by atoms with E-state index in [1.54, 1.807) is 19.1 Å². The van der Waals surface area contributed by atoms with E-state index in [9.17, 15) is 4.79 Å². The van der Waals surface area contributed by atoms with E-state index in [-0.39, 0.29) is 5.75 Å². The molecule has 0 saturated heterocycles. The van der Waals surface area contributed by atoms with Gasteiger partial charge in [-0.05, 0) is 24.6 Å². The molecule has 1 rings (SSSR count). The maximum absolute atomic E-state index is 11.2. The predicted molar refractivity (Wildman–Crippen MR) is 51.7 cm³/mol. The normalized spacial score (nSPS) is 12.1. The predicted octanol–water partition coefficient (Wildman–Crippen LogP) is 0.955. The van der Waals surface area contributed by atoms with Crippen LogP contribution in [-0.4, -0.2) is 17.7 Å². The number of hydrogen-bond acceptors (Lipinski definition) is 4. The number of hydrogen-bond donors (Lipinski definition) is 2. The molecule has 76 valence electrons. The molecule has 1 aromatic rings. The summed E-state index contributed by atoms with van der Waals surface area (Å²) in [4.78, 5) is 11.2. The lowest BCUT2D eigenvalue weighted by Crippen LogP contribution is -2.23. The standard InChI is InChI=1S/C10H13NO3/c1-2-14-10(13)9(11)7-4-3-5-8(12)6-7/h3-6,9,12H,2,11H2,1H3/t9-/m0/s1. The summed E-state index contributed by atoms with van der Waals surface area (Å²) in [6.07, 6.45) is 0. The lowest BCUT2D eigenvalue weighted by atomic mass is 10.1. The summed E-state index contributed by atoms with van der Waals surface area (Å²) >= 11 is 0. The number of rotatable bonds is 3. The fraction of sp³-hybridized carbons (Fsp3) is 0.300. The van der Waals surface area contributed by atoms with E-state index in [2.05, 4.69) is 0 Å². The first kappa shape index (κ1) is 10.5. The van der Waals surface area contributed by atoms with Gasteiger partial charge in [0.05, 0.1) is 6.61 Å². The Labute approximate surface area is 82.3 Å². The Morgan fingerprint density at radius 2 is 2.36 bits per heavy atom. The molecule has 4 nitrogen and oxygen atoms in total. The Morgan fingerprint density at radius 3 is 2.93 bits per heavy atom. The van der Waals surface area contributed by atoms with Crippen molar-refractivity contribution in [3.8, 4) is 5.75 Å². The number of phenolic OH excluding ortho intramolecular Hbond substituents is 1. The number of ether oxygens (including phenoxy) is 1. The molecule has 0 spiro atoms. The van der Waals surface area contributed by atoms with Crippen LogP contribution < -0.4 is 5.73 Å². The SMILES string of the molecule is CCOC(=O)[C@@H](N)c1cccc(O)c1. The van der Waals surface area contributed by atoms with Crippen molar-refractivity contribution in [3.63, 3.8) is 0 Å². The van der Waals surface area contributed by atoms with Crippen molar-refractivity contribution < 1.29 is 14.6 Å². The Balaban J connectivity index is 2.78. The van der Waals surface area contributed by atoms with Crippen LogP contribution in [0.4, 0.5) is 0 Å². The van der Waals surface area contributed by atoms with Gasteiger partial charge in [-0.1, -0.05) is 12.1 Å². The van der Waals surface area contributed by atoms with Crippen LogP contribution in [0.2, 0.25) is 0 Å². The first-order chi connectivity index (χ1) is 6.65. The highest BCUT2D eigenvalue weighted by Crippen LogP contribution is 2.17. The molecule has 0 saturated carbocycles. The van der Waals surface area contributed by atoms with E-state index in [0.29, 0.717) is 12.2 Å². The molecule has 0 aliphatic rings. The zero-order chi connectivity index (χ0) is 10.6. The largest absolute Gasteiger partial charge is 0.508 e. The van der Waals surface area contributed by atoms with Gasteiger partial charge >= 0.3 is 5.97 Å². The van der Waals surface area contributed by atoms with Crippen LogP contribution in [-0.2, 0) is 9.53 Å². The Kier molecular flexibility index (Phi) is 3.48. The average Bonchev–Trinajstić information content (AvgIpc) is 2.17. The quantitative estimate of drug-likeness (QED) is 0.704. The van der Waals surface area contributed by atoms with Crippen molar-refractivity contribution in [1.29, 1.82) is 0 Å². The molecule has 0 fully saturated rings. The number of esters is 1. The van der Waals surface area contributed by atoms with Gasteiger partial charge in [0.15, 0.2) is 0 Å². The molecule has 0 radical (unpaired) electrons. The first-order valence-electron chi connectivity index (χ1n) is 4.36. The average molecular weight is 195 g/mol. The van der Waals surface area contributed by atoms with Gasteiger partial charge in [0.2, 0.25) is 0 Å². The van der Waals surface area contributed by atoms with Gasteiger partial charge in [-0.25, -0.2) is 4.79 Å². The van der Waals surface area contributed by atoms with Gasteiger partial charge in [-0.3, -0.25) is 0 Å². The minimum atomic E-state index is -0.831. The molecule has 14 heavy (non-hydrogen) atoms. The minimum absolute atomic E-state index is 0.0854. The summed E-state index contributed by atoms with van der Waals surface area (Å²) in [7, 11) is 0. The van der Waals surface area contributed by atoms with Crippen molar-refractivity contribution in [2.45, 2.75) is 13.0 Å². The smallest absolute Gasteiger partial charge is 0.327 e. The number of benzene rings is 1. The zero-order valence-corrected chi connectivity index (χ0v) is 7.93. The van der Waals surface area contributed by atoms with Crippen LogP contribution in [0.15, 0.2) is 24.3 Å². The van der Waals surface area contributed by atoms with Gasteiger partial charge in [-0.15, -0.1) is 0 Å². The highest BCUT2D eigenvalue weighted by molar-refractivity contribution is 5.77. The number of nitrogens with two attached hydrogens (primary N) is 1. The molecule has 0 aliphatic heterocycles. The summed E-state index contributed by atoms with van der Waals surface area (Å²) < 4.78 is 4.75. The maximum Gasteiger partial charge on any atom is 0.327 e. The minimum Gasteiger partial charge on any atom is -0.508 e. The van der Waals surface area contributed by atoms with E-state index in [4.69, 9.17) is 15.6 Å². The molecular formula is C10H13NO3. The van der Waals surface area contributed by atoms with E-state index in [1.807, 2.05) is 0 Å². The lowest BCUT2D eigenvalue weighted by Gasteiger charge is -2.10. The molecular weight excluding hydrogens is 182 g/mol. The molecule has 3 N–H and O–H groups in total. The molecule has 0 unspecified atom stereocenters. The van der Waals surface area contributed by atoms with Crippen molar-refractivity contribution >= 4 is 5.97 Å². The van der Waals surface area contributed by atoms with Crippen LogP contribution in [0.25, 0.3) is 0 Å². The Bertz CT molecular complexity index is 325. The van der Waals surface area contributed by atoms with Crippen LogP contribution in [0.1, 0.15) is 18.5 Å². The maximum atomic E-state index is 11.2. The second-order valence-corrected chi connectivity index (χ2v) is 2.82. The topological polar surface area (TPSA) is 72.5 Å². The van der Waals surface area contributed by atoms with Gasteiger partial charge in [0.25, 0.3) is 0 Å². The van der Waals surface area contributed by atoms with Crippen LogP contribution >= 0.6 is 0 Å². The summed E-state index contributed by atoms with van der Waals surface area (Å²) in [5.74, 6) is -0.402. The van der Waals surface area contributed by atoms with Crippen molar-refractivity contribution in [1.82, 2.24) is 0 Å².